The number of benzene rings is 18. The topological polar surface area (TPSA) is 71.3 Å². The maximum Gasteiger partial charge on any atom is 0.162 e. The van der Waals surface area contributed by atoms with E-state index in [1.807, 2.05) is 6.07 Å². The average Bonchev–Trinajstić information content (AvgIpc) is 1.56. The summed E-state index contributed by atoms with van der Waals surface area (Å²) < 4.78 is 9.57. The van der Waals surface area contributed by atoms with Crippen LogP contribution in [0.25, 0.3) is 220 Å². The highest BCUT2D eigenvalue weighted by Gasteiger charge is 2.25. The van der Waals surface area contributed by atoms with Gasteiger partial charge in [-0.1, -0.05) is 261 Å². The first-order chi connectivity index (χ1) is 54.5. The van der Waals surface area contributed by atoms with E-state index in [0.29, 0.717) is 11.6 Å². The van der Waals surface area contributed by atoms with Crippen LogP contribution in [0.2, 0.25) is 0 Å². The van der Waals surface area contributed by atoms with Crippen LogP contribution in [-0.4, -0.2) is 38.2 Å². The predicted molar refractivity (Wildman–Crippen MR) is 460 cm³/mol. The largest absolute Gasteiger partial charge is 0.309 e. The molecule has 110 heavy (non-hydrogen) atoms. The highest BCUT2D eigenvalue weighted by molar-refractivity contribution is 6.24. The molecule has 24 rings (SSSR count). The molecule has 0 unspecified atom stereocenters. The third-order valence-electron chi connectivity index (χ3n) is 22.7. The zero-order valence-corrected chi connectivity index (χ0v) is 59.4. The van der Waals surface area contributed by atoms with Gasteiger partial charge in [-0.15, -0.1) is 0 Å². The van der Waals surface area contributed by atoms with E-state index in [2.05, 4.69) is 388 Å². The minimum Gasteiger partial charge on any atom is -0.309 e. The molecule has 0 aliphatic rings. The van der Waals surface area contributed by atoms with Gasteiger partial charge in [0.2, 0.25) is 0 Å². The van der Waals surface area contributed by atoms with Crippen LogP contribution in [0, 0.1) is 0 Å². The number of hydrogen-bond donors (Lipinski definition) is 0. The Morgan fingerprint density at radius 3 is 1.00 bits per heavy atom. The Morgan fingerprint density at radius 1 is 0.164 bits per heavy atom. The first-order valence-electron chi connectivity index (χ1n) is 37.5. The molecule has 0 amide bonds. The number of rotatable bonds is 7. The van der Waals surface area contributed by atoms with Gasteiger partial charge in [-0.05, 0) is 180 Å². The lowest BCUT2D eigenvalue weighted by atomic mass is 10.0. The summed E-state index contributed by atoms with van der Waals surface area (Å²) in [5.41, 5.74) is 17.6. The number of nitrogens with zero attached hydrogens (tertiary/aromatic N) is 8. The molecule has 6 aromatic heterocycles. The van der Waals surface area contributed by atoms with Crippen molar-refractivity contribution in [1.29, 1.82) is 0 Å². The molecule has 0 bridgehead atoms. The fraction of sp³-hybridized carbons (Fsp3) is 0. The van der Waals surface area contributed by atoms with Gasteiger partial charge in [0.05, 0.1) is 55.2 Å². The van der Waals surface area contributed by atoms with E-state index in [1.165, 1.54) is 125 Å². The molecule has 0 radical (unpaired) electrons. The van der Waals surface area contributed by atoms with E-state index in [1.54, 1.807) is 0 Å². The van der Waals surface area contributed by atoms with E-state index in [0.717, 1.165) is 83.6 Å². The van der Waals surface area contributed by atoms with Crippen molar-refractivity contribution in [3.8, 4) is 56.9 Å². The van der Waals surface area contributed by atoms with Crippen LogP contribution < -0.4 is 0 Å². The standard InChI is InChI=1S/C52H32N4.C50H30N4/c1-2-12-33(13-3-1)34-22-24-36(25-23-34)51-53-45-20-10-8-18-41(45)52(54-51)56-47-29-27-39(32-44(47)43-30-37-15-4-5-16-38(37)31-49(43)56)55-46-21-11-9-19-42(46)50-40-17-7-6-14-35(40)26-28-48(50)55;1-2-13-33-27-36(22-21-31(33)11-1)49-51-43-19-9-7-17-39(43)50(52-49)54-45-26-24-37(30-42(45)41-28-34-14-3-4-15-35(34)29-47(41)54)53-44-20-10-8-18-40(44)48-38-16-6-5-12-32(38)23-25-46(48)53/h1-32H;1-30H. The second-order valence-electron chi connectivity index (χ2n) is 28.9. The number of hydrogen-bond acceptors (Lipinski definition) is 4. The molecule has 0 fully saturated rings. The Labute approximate surface area is 630 Å². The lowest BCUT2D eigenvalue weighted by molar-refractivity contribution is 1.07. The molecule has 6 heterocycles. The monoisotopic (exact) mass is 1400 g/mol. The van der Waals surface area contributed by atoms with Crippen LogP contribution in [-0.2, 0) is 0 Å². The maximum absolute atomic E-state index is 5.43. The van der Waals surface area contributed by atoms with Gasteiger partial charge >= 0.3 is 0 Å². The van der Waals surface area contributed by atoms with E-state index >= 15 is 0 Å². The summed E-state index contributed by atoms with van der Waals surface area (Å²) in [6.07, 6.45) is 0. The molecular weight excluding hydrogens is 1340 g/mol. The fourth-order valence-electron chi connectivity index (χ4n) is 17.6. The van der Waals surface area contributed by atoms with Crippen LogP contribution in [0.15, 0.2) is 376 Å². The second kappa shape index (κ2) is 24.3. The van der Waals surface area contributed by atoms with E-state index < -0.39 is 0 Å². The van der Waals surface area contributed by atoms with Crippen LogP contribution in [0.1, 0.15) is 0 Å². The normalized spacial score (nSPS) is 12.0. The molecule has 0 saturated carbocycles. The fourth-order valence-corrected chi connectivity index (χ4v) is 17.6. The minimum absolute atomic E-state index is 0.697. The Balaban J connectivity index is 0.000000132. The molecular formula is C102H62N8. The summed E-state index contributed by atoms with van der Waals surface area (Å²) in [6, 6.07) is 135. The van der Waals surface area contributed by atoms with Gasteiger partial charge in [0.1, 0.15) is 11.6 Å². The van der Waals surface area contributed by atoms with Gasteiger partial charge in [-0.25, -0.2) is 19.9 Å². The third-order valence-corrected chi connectivity index (χ3v) is 22.7. The molecule has 0 saturated heterocycles. The average molecular weight is 1400 g/mol. The second-order valence-corrected chi connectivity index (χ2v) is 28.9. The summed E-state index contributed by atoms with van der Waals surface area (Å²) in [4.78, 5) is 21.1. The van der Waals surface area contributed by atoms with Gasteiger partial charge in [0, 0.05) is 76.4 Å². The van der Waals surface area contributed by atoms with Crippen molar-refractivity contribution in [2.45, 2.75) is 0 Å². The molecule has 0 aliphatic carbocycles. The van der Waals surface area contributed by atoms with Crippen LogP contribution in [0.3, 0.4) is 0 Å². The smallest absolute Gasteiger partial charge is 0.162 e. The van der Waals surface area contributed by atoms with Crippen molar-refractivity contribution in [2.24, 2.45) is 0 Å². The molecule has 8 heteroatoms. The van der Waals surface area contributed by atoms with Crippen LogP contribution in [0.5, 0.6) is 0 Å². The van der Waals surface area contributed by atoms with Crippen LogP contribution >= 0.6 is 0 Å². The Bertz CT molecular complexity index is 7980. The highest BCUT2D eigenvalue weighted by Crippen LogP contribution is 2.45. The summed E-state index contributed by atoms with van der Waals surface area (Å²) in [7, 11) is 0. The molecule has 0 aliphatic heterocycles. The molecule has 24 aromatic rings. The maximum atomic E-state index is 5.43. The first kappa shape index (κ1) is 61.4. The molecule has 18 aromatic carbocycles. The van der Waals surface area contributed by atoms with E-state index in [-0.39, 0.29) is 0 Å². The molecule has 0 N–H and O–H groups in total. The van der Waals surface area contributed by atoms with Crippen molar-refractivity contribution >= 4 is 163 Å². The van der Waals surface area contributed by atoms with Gasteiger partial charge < -0.3 is 9.13 Å². The zero-order chi connectivity index (χ0) is 72.1. The Kier molecular flexibility index (Phi) is 13.6. The lowest BCUT2D eigenvalue weighted by Gasteiger charge is -2.13. The highest BCUT2D eigenvalue weighted by atomic mass is 15.1. The third kappa shape index (κ3) is 9.59. The predicted octanol–water partition coefficient (Wildman–Crippen LogP) is 26.4. The number of para-hydroxylation sites is 4. The quantitative estimate of drug-likeness (QED) is 0.159. The van der Waals surface area contributed by atoms with Crippen molar-refractivity contribution in [1.82, 2.24) is 38.2 Å². The minimum atomic E-state index is 0.697. The number of aromatic nitrogens is 8. The molecule has 0 spiro atoms. The molecule has 8 nitrogen and oxygen atoms in total. The zero-order valence-electron chi connectivity index (χ0n) is 59.4. The van der Waals surface area contributed by atoms with Gasteiger partial charge in [0.25, 0.3) is 0 Å². The SMILES string of the molecule is c1ccc(-c2ccc(-c3nc(-n4c5ccc(-n6c7ccccc7c7c8ccccc8ccc76)cc5c5cc6ccccc6cc54)c4ccccc4n3)cc2)cc1.c1ccc2cc(-c3nc(-n4c5ccc(-n6c7ccccc7c7c8ccccc8ccc76)cc5c5cc6ccccc6cc54)c4ccccc4n3)ccc2c1. The van der Waals surface area contributed by atoms with Crippen molar-refractivity contribution in [3.63, 3.8) is 0 Å². The van der Waals surface area contributed by atoms with Crippen LogP contribution in [0.4, 0.5) is 0 Å². The Morgan fingerprint density at radius 2 is 0.500 bits per heavy atom. The van der Waals surface area contributed by atoms with E-state index in [9.17, 15) is 0 Å². The summed E-state index contributed by atoms with van der Waals surface area (Å²) in [5.74, 6) is 3.14. The lowest BCUT2D eigenvalue weighted by Crippen LogP contribution is -2.03. The molecule has 510 valence electrons. The van der Waals surface area contributed by atoms with Gasteiger partial charge in [-0.3, -0.25) is 9.13 Å². The molecule has 0 atom stereocenters. The summed E-state index contributed by atoms with van der Waals surface area (Å²) in [6.45, 7) is 0. The van der Waals surface area contributed by atoms with Gasteiger partial charge in [-0.2, -0.15) is 0 Å². The number of fused-ring (bicyclic) bond motifs is 21. The van der Waals surface area contributed by atoms with Crippen molar-refractivity contribution in [3.05, 3.63) is 376 Å². The van der Waals surface area contributed by atoms with Crippen molar-refractivity contribution < 1.29 is 0 Å². The summed E-state index contributed by atoms with van der Waals surface area (Å²) in [5, 5.41) is 24.0. The van der Waals surface area contributed by atoms with Crippen molar-refractivity contribution in [2.75, 3.05) is 0 Å². The first-order valence-corrected chi connectivity index (χ1v) is 37.5. The summed E-state index contributed by atoms with van der Waals surface area (Å²) >= 11 is 0. The Hall–Kier alpha value is -14.9. The van der Waals surface area contributed by atoms with Gasteiger partial charge in [0.15, 0.2) is 11.6 Å². The van der Waals surface area contributed by atoms with E-state index in [4.69, 9.17) is 19.9 Å².